The Bertz CT molecular complexity index is 283. The lowest BCUT2D eigenvalue weighted by atomic mass is 10.1. The molecule has 0 unspecified atom stereocenters. The van der Waals surface area contributed by atoms with Crippen LogP contribution in [0.2, 0.25) is 0 Å². The fourth-order valence-electron chi connectivity index (χ4n) is 0.808. The van der Waals surface area contributed by atoms with Crippen LogP contribution in [0.15, 0.2) is 29.4 Å². The average Bonchev–Trinajstić information content (AvgIpc) is 2.04. The molecule has 0 heterocycles. The highest BCUT2D eigenvalue weighted by atomic mass is 19.1. The lowest BCUT2D eigenvalue weighted by Gasteiger charge is -1.97. The second-order valence-corrected chi connectivity index (χ2v) is 2.17. The summed E-state index contributed by atoms with van der Waals surface area (Å²) in [6.45, 7) is 1.54. The molecule has 1 rings (SSSR count). The number of oxime groups is 1. The predicted octanol–water partition coefficient (Wildman–Crippen LogP) is 2.02. The molecule has 0 bridgehead atoms. The number of hydrogen-bond acceptors (Lipinski definition) is 2. The third-order valence-corrected chi connectivity index (χ3v) is 1.41. The summed E-state index contributed by atoms with van der Waals surface area (Å²) in [5.74, 6) is -0.372. The fourth-order valence-corrected chi connectivity index (χ4v) is 0.808. The summed E-state index contributed by atoms with van der Waals surface area (Å²) >= 11 is 0. The van der Waals surface area contributed by atoms with Gasteiger partial charge in [0.25, 0.3) is 0 Å². The number of nitrogens with zero attached hydrogens (tertiary/aromatic N) is 1. The standard InChI is InChI=1S/C8H8FNO/c1-6(10-11)7-4-2-3-5-8(7)9/h2-5,11H,1H3. The molecule has 0 saturated carbocycles. The molecule has 1 aromatic carbocycles. The van der Waals surface area contributed by atoms with Crippen molar-refractivity contribution >= 4 is 5.71 Å². The zero-order valence-corrected chi connectivity index (χ0v) is 6.08. The van der Waals surface area contributed by atoms with E-state index >= 15 is 0 Å². The van der Waals surface area contributed by atoms with Crippen LogP contribution in [0.3, 0.4) is 0 Å². The van der Waals surface area contributed by atoms with Gasteiger partial charge in [0.05, 0.1) is 5.71 Å². The first kappa shape index (κ1) is 7.72. The summed E-state index contributed by atoms with van der Waals surface area (Å²) in [5.41, 5.74) is 0.609. The van der Waals surface area contributed by atoms with E-state index in [1.54, 1.807) is 25.1 Å². The third kappa shape index (κ3) is 1.55. The Hall–Kier alpha value is -1.38. The molecular formula is C8H8FNO. The van der Waals surface area contributed by atoms with Gasteiger partial charge >= 0.3 is 0 Å². The van der Waals surface area contributed by atoms with E-state index in [0.717, 1.165) is 0 Å². The minimum atomic E-state index is -0.372. The number of halogens is 1. The summed E-state index contributed by atoms with van der Waals surface area (Å²) in [5, 5.41) is 11.2. The summed E-state index contributed by atoms with van der Waals surface area (Å²) in [6.07, 6.45) is 0. The van der Waals surface area contributed by atoms with E-state index in [-0.39, 0.29) is 11.5 Å². The van der Waals surface area contributed by atoms with Crippen LogP contribution in [0, 0.1) is 5.82 Å². The number of rotatable bonds is 1. The van der Waals surface area contributed by atoms with Crippen LogP contribution in [0.25, 0.3) is 0 Å². The van der Waals surface area contributed by atoms with E-state index in [9.17, 15) is 4.39 Å². The van der Waals surface area contributed by atoms with Crippen LogP contribution < -0.4 is 0 Å². The fraction of sp³-hybridized carbons (Fsp3) is 0.125. The van der Waals surface area contributed by atoms with Gasteiger partial charge in [-0.05, 0) is 13.0 Å². The largest absolute Gasteiger partial charge is 0.411 e. The number of benzene rings is 1. The van der Waals surface area contributed by atoms with Crippen molar-refractivity contribution in [1.82, 2.24) is 0 Å². The molecule has 11 heavy (non-hydrogen) atoms. The van der Waals surface area contributed by atoms with E-state index < -0.39 is 0 Å². The second-order valence-electron chi connectivity index (χ2n) is 2.17. The molecule has 2 nitrogen and oxygen atoms in total. The summed E-state index contributed by atoms with van der Waals surface area (Å²) in [4.78, 5) is 0. The van der Waals surface area contributed by atoms with E-state index in [4.69, 9.17) is 5.21 Å². The summed E-state index contributed by atoms with van der Waals surface area (Å²) < 4.78 is 12.8. The zero-order valence-electron chi connectivity index (χ0n) is 6.08. The molecule has 0 radical (unpaired) electrons. The van der Waals surface area contributed by atoms with Crippen molar-refractivity contribution in [2.24, 2.45) is 5.16 Å². The third-order valence-electron chi connectivity index (χ3n) is 1.41. The number of hydrogen-bond donors (Lipinski definition) is 1. The molecule has 0 saturated heterocycles. The Balaban J connectivity index is 3.14. The Morgan fingerprint density at radius 2 is 2.09 bits per heavy atom. The van der Waals surface area contributed by atoms with Gasteiger partial charge < -0.3 is 5.21 Å². The van der Waals surface area contributed by atoms with Crippen molar-refractivity contribution in [1.29, 1.82) is 0 Å². The molecule has 0 aliphatic heterocycles. The van der Waals surface area contributed by atoms with Crippen LogP contribution in [0.4, 0.5) is 4.39 Å². The molecule has 1 aromatic rings. The van der Waals surface area contributed by atoms with E-state index in [0.29, 0.717) is 5.56 Å². The van der Waals surface area contributed by atoms with Crippen LogP contribution in [0.5, 0.6) is 0 Å². The highest BCUT2D eigenvalue weighted by Gasteiger charge is 2.02. The van der Waals surface area contributed by atoms with Gasteiger partial charge in [-0.1, -0.05) is 23.4 Å². The molecule has 58 valence electrons. The molecule has 0 amide bonds. The maximum absolute atomic E-state index is 12.8. The van der Waals surface area contributed by atoms with Gasteiger partial charge in [-0.2, -0.15) is 0 Å². The molecule has 0 spiro atoms. The highest BCUT2D eigenvalue weighted by Crippen LogP contribution is 2.06. The molecule has 0 fully saturated rings. The minimum Gasteiger partial charge on any atom is -0.411 e. The van der Waals surface area contributed by atoms with Crippen molar-refractivity contribution in [2.75, 3.05) is 0 Å². The van der Waals surface area contributed by atoms with Gasteiger partial charge in [0.1, 0.15) is 5.82 Å². The average molecular weight is 153 g/mol. The maximum Gasteiger partial charge on any atom is 0.132 e. The van der Waals surface area contributed by atoms with Gasteiger partial charge in [0.15, 0.2) is 0 Å². The van der Waals surface area contributed by atoms with Crippen molar-refractivity contribution in [2.45, 2.75) is 6.92 Å². The zero-order chi connectivity index (χ0) is 8.27. The van der Waals surface area contributed by atoms with E-state index in [2.05, 4.69) is 5.16 Å². The first-order valence-electron chi connectivity index (χ1n) is 3.19. The first-order chi connectivity index (χ1) is 5.25. The summed E-state index contributed by atoms with van der Waals surface area (Å²) in [7, 11) is 0. The Kier molecular flexibility index (Phi) is 2.21. The Morgan fingerprint density at radius 3 is 2.64 bits per heavy atom. The monoisotopic (exact) mass is 153 g/mol. The van der Waals surface area contributed by atoms with Crippen LogP contribution in [-0.2, 0) is 0 Å². The topological polar surface area (TPSA) is 32.6 Å². The van der Waals surface area contributed by atoms with Crippen LogP contribution >= 0.6 is 0 Å². The van der Waals surface area contributed by atoms with Gasteiger partial charge in [-0.15, -0.1) is 0 Å². The molecule has 1 N–H and O–H groups in total. The van der Waals surface area contributed by atoms with Crippen LogP contribution in [-0.4, -0.2) is 10.9 Å². The van der Waals surface area contributed by atoms with Crippen molar-refractivity contribution in [3.63, 3.8) is 0 Å². The van der Waals surface area contributed by atoms with Crippen LogP contribution in [0.1, 0.15) is 12.5 Å². The van der Waals surface area contributed by atoms with Crippen molar-refractivity contribution < 1.29 is 9.60 Å². The molecule has 0 aliphatic carbocycles. The quantitative estimate of drug-likeness (QED) is 0.373. The lowest BCUT2D eigenvalue weighted by molar-refractivity contribution is 0.319. The normalized spacial score (nSPS) is 11.6. The van der Waals surface area contributed by atoms with Crippen molar-refractivity contribution in [3.05, 3.63) is 35.6 Å². The molecule has 0 aromatic heterocycles. The van der Waals surface area contributed by atoms with E-state index in [1.165, 1.54) is 6.07 Å². The van der Waals surface area contributed by atoms with E-state index in [1.807, 2.05) is 0 Å². The molecule has 0 aliphatic rings. The maximum atomic E-state index is 12.8. The summed E-state index contributed by atoms with van der Waals surface area (Å²) in [6, 6.07) is 6.16. The predicted molar refractivity (Wildman–Crippen MR) is 40.4 cm³/mol. The molecule has 3 heteroatoms. The van der Waals surface area contributed by atoms with Gasteiger partial charge in [0.2, 0.25) is 0 Å². The minimum absolute atomic E-state index is 0.281. The lowest BCUT2D eigenvalue weighted by Crippen LogP contribution is -1.97. The van der Waals surface area contributed by atoms with Gasteiger partial charge in [-0.25, -0.2) is 4.39 Å². The smallest absolute Gasteiger partial charge is 0.132 e. The first-order valence-corrected chi connectivity index (χ1v) is 3.19. The highest BCUT2D eigenvalue weighted by molar-refractivity contribution is 5.98. The van der Waals surface area contributed by atoms with Gasteiger partial charge in [0, 0.05) is 5.56 Å². The SMILES string of the molecule is CC(=NO)c1ccccc1F. The second kappa shape index (κ2) is 3.14. The molecule has 0 atom stereocenters. The van der Waals surface area contributed by atoms with Gasteiger partial charge in [-0.3, -0.25) is 0 Å². The molecular weight excluding hydrogens is 145 g/mol. The van der Waals surface area contributed by atoms with Crippen molar-refractivity contribution in [3.8, 4) is 0 Å². The Labute approximate surface area is 64.0 Å². The Morgan fingerprint density at radius 1 is 1.45 bits per heavy atom.